The number of aromatic nitrogens is 1. The van der Waals surface area contributed by atoms with Gasteiger partial charge in [-0.1, -0.05) is 82.0 Å². The smallest absolute Gasteiger partial charge is 0.142 e. The van der Waals surface area contributed by atoms with E-state index < -0.39 is 5.82 Å². The average Bonchev–Trinajstić information content (AvgIpc) is 2.70. The van der Waals surface area contributed by atoms with Crippen molar-refractivity contribution < 1.29 is 4.39 Å². The number of nitrogens with zero attached hydrogens (tertiary/aromatic N) is 1. The van der Waals surface area contributed by atoms with E-state index in [0.29, 0.717) is 0 Å². The molecule has 1 heterocycles. The summed E-state index contributed by atoms with van der Waals surface area (Å²) in [4.78, 5) is 4.53. The first kappa shape index (κ1) is 20.3. The van der Waals surface area contributed by atoms with Crippen LogP contribution in [0.25, 0.3) is 11.3 Å². The van der Waals surface area contributed by atoms with Gasteiger partial charge in [0.1, 0.15) is 5.82 Å². The van der Waals surface area contributed by atoms with Crippen molar-refractivity contribution in [3.63, 3.8) is 0 Å². The van der Waals surface area contributed by atoms with E-state index in [2.05, 4.69) is 18.0 Å². The largest absolute Gasteiger partial charge is 0.256 e. The Kier molecular flexibility index (Phi) is 7.70. The van der Waals surface area contributed by atoms with E-state index in [1.54, 1.807) is 6.07 Å². The monoisotopic (exact) mass is 387 g/mol. The molecule has 0 unspecified atom stereocenters. The molecule has 146 valence electrons. The molecular weight excluding hydrogens is 357 g/mol. The summed E-state index contributed by atoms with van der Waals surface area (Å²) in [6, 6.07) is 8.96. The van der Waals surface area contributed by atoms with Crippen LogP contribution in [0.4, 0.5) is 4.39 Å². The van der Waals surface area contributed by atoms with Gasteiger partial charge in [-0.25, -0.2) is 4.39 Å². The third kappa shape index (κ3) is 6.04. The zero-order chi connectivity index (χ0) is 19.1. The molecule has 0 spiro atoms. The van der Waals surface area contributed by atoms with Crippen molar-refractivity contribution >= 4 is 11.6 Å². The minimum absolute atomic E-state index is 0.149. The molecule has 27 heavy (non-hydrogen) atoms. The third-order valence-electron chi connectivity index (χ3n) is 6.06. The summed E-state index contributed by atoms with van der Waals surface area (Å²) in [5.74, 6) is 1.45. The van der Waals surface area contributed by atoms with Gasteiger partial charge in [0.05, 0.1) is 10.7 Å². The van der Waals surface area contributed by atoms with E-state index in [9.17, 15) is 4.39 Å². The average molecular weight is 388 g/mol. The van der Waals surface area contributed by atoms with Crippen molar-refractivity contribution in [1.82, 2.24) is 4.98 Å². The first-order chi connectivity index (χ1) is 13.2. The van der Waals surface area contributed by atoms with E-state index in [4.69, 9.17) is 11.6 Å². The molecule has 0 bridgehead atoms. The molecule has 1 saturated carbocycles. The highest BCUT2D eigenvalue weighted by Gasteiger charge is 2.20. The minimum atomic E-state index is -0.398. The Labute approximate surface area is 168 Å². The van der Waals surface area contributed by atoms with Crippen LogP contribution >= 0.6 is 11.6 Å². The van der Waals surface area contributed by atoms with E-state index in [0.717, 1.165) is 29.5 Å². The van der Waals surface area contributed by atoms with E-state index in [-0.39, 0.29) is 5.02 Å². The number of halogens is 2. The molecule has 1 nitrogen and oxygen atoms in total. The summed E-state index contributed by atoms with van der Waals surface area (Å²) in [5, 5.41) is 0.149. The Hall–Kier alpha value is -1.41. The van der Waals surface area contributed by atoms with Gasteiger partial charge in [0.2, 0.25) is 0 Å². The second-order valence-electron chi connectivity index (χ2n) is 8.10. The molecular formula is C24H31ClFN. The Morgan fingerprint density at radius 2 is 1.74 bits per heavy atom. The summed E-state index contributed by atoms with van der Waals surface area (Å²) in [6.45, 7) is 2.28. The standard InChI is InChI=1S/C24H31ClFN/c1-2-3-4-5-18-6-8-19(9-7-18)10-11-20-12-15-24(27-17-20)21-13-14-22(25)23(26)16-21/h12-19H,2-11H2,1H3. The van der Waals surface area contributed by atoms with Crippen LogP contribution in [0.3, 0.4) is 0 Å². The molecule has 0 saturated heterocycles. The predicted molar refractivity (Wildman–Crippen MR) is 113 cm³/mol. The van der Waals surface area contributed by atoms with Crippen LogP contribution in [-0.4, -0.2) is 4.98 Å². The Morgan fingerprint density at radius 1 is 1.00 bits per heavy atom. The summed E-state index contributed by atoms with van der Waals surface area (Å²) in [7, 11) is 0. The molecule has 0 atom stereocenters. The highest BCUT2D eigenvalue weighted by Crippen LogP contribution is 2.34. The molecule has 2 aromatic rings. The molecule has 3 heteroatoms. The number of pyridine rings is 1. The number of hydrogen-bond donors (Lipinski definition) is 0. The van der Waals surface area contributed by atoms with Crippen molar-refractivity contribution in [1.29, 1.82) is 0 Å². The normalized spacial score (nSPS) is 20.0. The second-order valence-corrected chi connectivity index (χ2v) is 8.51. The zero-order valence-electron chi connectivity index (χ0n) is 16.4. The molecule has 0 radical (unpaired) electrons. The maximum absolute atomic E-state index is 13.6. The highest BCUT2D eigenvalue weighted by atomic mass is 35.5. The summed E-state index contributed by atoms with van der Waals surface area (Å²) < 4.78 is 13.6. The topological polar surface area (TPSA) is 12.9 Å². The van der Waals surface area contributed by atoms with Gasteiger partial charge in [0, 0.05) is 11.8 Å². The number of rotatable bonds is 8. The van der Waals surface area contributed by atoms with Crippen molar-refractivity contribution in [2.45, 2.75) is 71.1 Å². The lowest BCUT2D eigenvalue weighted by molar-refractivity contribution is 0.249. The van der Waals surface area contributed by atoms with Crippen LogP contribution in [0.15, 0.2) is 36.5 Å². The van der Waals surface area contributed by atoms with Crippen LogP contribution in [0.2, 0.25) is 5.02 Å². The third-order valence-corrected chi connectivity index (χ3v) is 6.37. The summed E-state index contributed by atoms with van der Waals surface area (Å²) in [6.07, 6.45) is 15.5. The fourth-order valence-electron chi connectivity index (χ4n) is 4.26. The Morgan fingerprint density at radius 3 is 2.37 bits per heavy atom. The van der Waals surface area contributed by atoms with Crippen LogP contribution in [0, 0.1) is 17.7 Å². The summed E-state index contributed by atoms with van der Waals surface area (Å²) >= 11 is 5.75. The molecule has 0 N–H and O–H groups in total. The fraction of sp³-hybridized carbons (Fsp3) is 0.542. The molecule has 1 aliphatic carbocycles. The zero-order valence-corrected chi connectivity index (χ0v) is 17.1. The number of unbranched alkanes of at least 4 members (excludes halogenated alkanes) is 2. The lowest BCUT2D eigenvalue weighted by atomic mass is 9.78. The second kappa shape index (κ2) is 10.2. The van der Waals surface area contributed by atoms with Gasteiger partial charge in [-0.15, -0.1) is 0 Å². The maximum atomic E-state index is 13.6. The van der Waals surface area contributed by atoms with Crippen LogP contribution in [0.1, 0.15) is 70.3 Å². The Bertz CT molecular complexity index is 705. The maximum Gasteiger partial charge on any atom is 0.142 e. The van der Waals surface area contributed by atoms with Crippen LogP contribution in [0.5, 0.6) is 0 Å². The summed E-state index contributed by atoms with van der Waals surface area (Å²) in [5.41, 5.74) is 2.84. The number of hydrogen-bond acceptors (Lipinski definition) is 1. The van der Waals surface area contributed by atoms with Crippen molar-refractivity contribution in [2.75, 3.05) is 0 Å². The van der Waals surface area contributed by atoms with Crippen molar-refractivity contribution in [3.8, 4) is 11.3 Å². The fourth-order valence-corrected chi connectivity index (χ4v) is 4.38. The SMILES string of the molecule is CCCCCC1CCC(CCc2ccc(-c3ccc(Cl)c(F)c3)nc2)CC1. The lowest BCUT2D eigenvalue weighted by Crippen LogP contribution is -2.15. The predicted octanol–water partition coefficient (Wildman–Crippen LogP) is 7.86. The molecule has 1 aromatic carbocycles. The van der Waals surface area contributed by atoms with Crippen molar-refractivity contribution in [2.24, 2.45) is 11.8 Å². The minimum Gasteiger partial charge on any atom is -0.256 e. The molecule has 0 aliphatic heterocycles. The van der Waals surface area contributed by atoms with Gasteiger partial charge >= 0.3 is 0 Å². The molecule has 1 aliphatic rings. The van der Waals surface area contributed by atoms with E-state index in [1.807, 2.05) is 18.3 Å². The van der Waals surface area contributed by atoms with E-state index in [1.165, 1.54) is 69.4 Å². The molecule has 1 aromatic heterocycles. The number of benzene rings is 1. The highest BCUT2D eigenvalue weighted by molar-refractivity contribution is 6.30. The van der Waals surface area contributed by atoms with Gasteiger partial charge in [-0.2, -0.15) is 0 Å². The van der Waals surface area contributed by atoms with Crippen LogP contribution in [-0.2, 0) is 6.42 Å². The van der Waals surface area contributed by atoms with Gasteiger partial charge in [0.25, 0.3) is 0 Å². The van der Waals surface area contributed by atoms with Gasteiger partial charge in [0.15, 0.2) is 0 Å². The lowest BCUT2D eigenvalue weighted by Gasteiger charge is -2.28. The van der Waals surface area contributed by atoms with Gasteiger partial charge in [-0.3, -0.25) is 4.98 Å². The molecule has 0 amide bonds. The van der Waals surface area contributed by atoms with Crippen molar-refractivity contribution in [3.05, 3.63) is 52.9 Å². The molecule has 3 rings (SSSR count). The first-order valence-corrected chi connectivity index (χ1v) is 10.9. The first-order valence-electron chi connectivity index (χ1n) is 10.6. The Balaban J connectivity index is 1.45. The molecule has 1 fully saturated rings. The number of aryl methyl sites for hydroxylation is 1. The van der Waals surface area contributed by atoms with E-state index >= 15 is 0 Å². The van der Waals surface area contributed by atoms with Crippen LogP contribution < -0.4 is 0 Å². The van der Waals surface area contributed by atoms with Gasteiger partial charge < -0.3 is 0 Å². The van der Waals surface area contributed by atoms with Gasteiger partial charge in [-0.05, 0) is 48.4 Å². The quantitative estimate of drug-likeness (QED) is 0.420.